The van der Waals surface area contributed by atoms with Crippen molar-refractivity contribution in [3.8, 4) is 0 Å². The van der Waals surface area contributed by atoms with Gasteiger partial charge in [0, 0.05) is 16.6 Å². The number of hydrogen-bond acceptors (Lipinski definition) is 2. The Morgan fingerprint density at radius 1 is 1.05 bits per heavy atom. The van der Waals surface area contributed by atoms with Crippen LogP contribution >= 0.6 is 15.9 Å². The SMILES string of the molecule is NNC(Cc1ccc(Br)cc1)Cc1ccc(F)cc1F. The fraction of sp³-hybridized carbons (Fsp3) is 0.200. The fourth-order valence-electron chi connectivity index (χ4n) is 2.05. The van der Waals surface area contributed by atoms with E-state index >= 15 is 0 Å². The van der Waals surface area contributed by atoms with Crippen molar-refractivity contribution < 1.29 is 8.78 Å². The van der Waals surface area contributed by atoms with Gasteiger partial charge in [-0.3, -0.25) is 11.3 Å². The van der Waals surface area contributed by atoms with Crippen LogP contribution in [-0.4, -0.2) is 6.04 Å². The zero-order valence-corrected chi connectivity index (χ0v) is 12.3. The van der Waals surface area contributed by atoms with E-state index in [2.05, 4.69) is 21.4 Å². The van der Waals surface area contributed by atoms with Crippen LogP contribution in [-0.2, 0) is 12.8 Å². The number of nitrogens with one attached hydrogen (secondary N) is 1. The second kappa shape index (κ2) is 6.92. The zero-order chi connectivity index (χ0) is 14.5. The Kier molecular flexibility index (Phi) is 5.23. The molecule has 0 aliphatic heterocycles. The highest BCUT2D eigenvalue weighted by Gasteiger charge is 2.12. The monoisotopic (exact) mass is 340 g/mol. The lowest BCUT2D eigenvalue weighted by Gasteiger charge is -2.16. The highest BCUT2D eigenvalue weighted by Crippen LogP contribution is 2.15. The quantitative estimate of drug-likeness (QED) is 0.647. The molecule has 0 bridgehead atoms. The molecule has 2 nitrogen and oxygen atoms in total. The summed E-state index contributed by atoms with van der Waals surface area (Å²) < 4.78 is 27.5. The Labute approximate surface area is 125 Å². The molecule has 0 radical (unpaired) electrons. The van der Waals surface area contributed by atoms with Crippen molar-refractivity contribution in [2.24, 2.45) is 5.84 Å². The molecule has 20 heavy (non-hydrogen) atoms. The molecule has 0 saturated carbocycles. The van der Waals surface area contributed by atoms with Crippen molar-refractivity contribution in [3.05, 3.63) is 69.7 Å². The van der Waals surface area contributed by atoms with Crippen molar-refractivity contribution >= 4 is 15.9 Å². The van der Waals surface area contributed by atoms with Gasteiger partial charge in [-0.25, -0.2) is 8.78 Å². The summed E-state index contributed by atoms with van der Waals surface area (Å²) in [5, 5.41) is 0. The molecule has 0 aliphatic rings. The molecule has 2 aromatic carbocycles. The average molecular weight is 341 g/mol. The third kappa shape index (κ3) is 4.10. The first-order valence-electron chi connectivity index (χ1n) is 6.23. The molecule has 1 unspecified atom stereocenters. The van der Waals surface area contributed by atoms with Crippen molar-refractivity contribution in [2.45, 2.75) is 18.9 Å². The maximum absolute atomic E-state index is 13.6. The van der Waals surface area contributed by atoms with Gasteiger partial charge < -0.3 is 0 Å². The molecule has 0 amide bonds. The Hall–Kier alpha value is -1.30. The number of hydrogen-bond donors (Lipinski definition) is 2. The highest BCUT2D eigenvalue weighted by atomic mass is 79.9. The molecular weight excluding hydrogens is 326 g/mol. The first-order chi connectivity index (χ1) is 9.58. The molecule has 106 valence electrons. The van der Waals surface area contributed by atoms with Crippen LogP contribution in [0.3, 0.4) is 0 Å². The lowest BCUT2D eigenvalue weighted by atomic mass is 9.99. The summed E-state index contributed by atoms with van der Waals surface area (Å²) in [7, 11) is 0. The number of halogens is 3. The van der Waals surface area contributed by atoms with Crippen LogP contribution in [0.25, 0.3) is 0 Å². The van der Waals surface area contributed by atoms with Crippen LogP contribution in [0.1, 0.15) is 11.1 Å². The van der Waals surface area contributed by atoms with Crippen molar-refractivity contribution in [3.63, 3.8) is 0 Å². The smallest absolute Gasteiger partial charge is 0.129 e. The summed E-state index contributed by atoms with van der Waals surface area (Å²) in [5.74, 6) is 4.41. The summed E-state index contributed by atoms with van der Waals surface area (Å²) in [4.78, 5) is 0. The molecule has 2 rings (SSSR count). The van der Waals surface area contributed by atoms with Crippen LogP contribution in [0.15, 0.2) is 46.9 Å². The van der Waals surface area contributed by atoms with Crippen molar-refractivity contribution in [2.75, 3.05) is 0 Å². The lowest BCUT2D eigenvalue weighted by molar-refractivity contribution is 0.502. The van der Waals surface area contributed by atoms with Crippen molar-refractivity contribution in [1.82, 2.24) is 5.43 Å². The summed E-state index contributed by atoms with van der Waals surface area (Å²) in [6, 6.07) is 11.3. The van der Waals surface area contributed by atoms with Gasteiger partial charge in [0.05, 0.1) is 0 Å². The van der Waals surface area contributed by atoms with Gasteiger partial charge in [0.2, 0.25) is 0 Å². The Balaban J connectivity index is 2.07. The minimum Gasteiger partial charge on any atom is -0.271 e. The largest absolute Gasteiger partial charge is 0.271 e. The van der Waals surface area contributed by atoms with Gasteiger partial charge in [-0.15, -0.1) is 0 Å². The number of benzene rings is 2. The highest BCUT2D eigenvalue weighted by molar-refractivity contribution is 9.10. The van der Waals surface area contributed by atoms with E-state index in [1.807, 2.05) is 24.3 Å². The first kappa shape index (κ1) is 15.1. The zero-order valence-electron chi connectivity index (χ0n) is 10.7. The minimum atomic E-state index is -0.573. The molecule has 0 fully saturated rings. The van der Waals surface area contributed by atoms with Gasteiger partial charge in [0.15, 0.2) is 0 Å². The standard InChI is InChI=1S/C15H15BrF2N2/c16-12-4-1-10(2-5-12)7-14(20-19)8-11-3-6-13(17)9-15(11)18/h1-6,9,14,20H,7-8,19H2. The average Bonchev–Trinajstić information content (AvgIpc) is 2.43. The molecule has 0 spiro atoms. The van der Waals surface area contributed by atoms with E-state index in [0.29, 0.717) is 18.4 Å². The van der Waals surface area contributed by atoms with E-state index in [1.54, 1.807) is 0 Å². The maximum atomic E-state index is 13.6. The summed E-state index contributed by atoms with van der Waals surface area (Å²) in [6.07, 6.45) is 1.07. The summed E-state index contributed by atoms with van der Waals surface area (Å²) >= 11 is 3.37. The van der Waals surface area contributed by atoms with E-state index in [-0.39, 0.29) is 6.04 Å². The molecule has 1 atom stereocenters. The molecule has 0 aromatic heterocycles. The van der Waals surface area contributed by atoms with Crippen LogP contribution < -0.4 is 11.3 Å². The molecule has 3 N–H and O–H groups in total. The van der Waals surface area contributed by atoms with E-state index < -0.39 is 11.6 Å². The Morgan fingerprint density at radius 3 is 2.35 bits per heavy atom. The van der Waals surface area contributed by atoms with E-state index in [4.69, 9.17) is 5.84 Å². The first-order valence-corrected chi connectivity index (χ1v) is 7.02. The van der Waals surface area contributed by atoms with Crippen LogP contribution in [0.4, 0.5) is 8.78 Å². The van der Waals surface area contributed by atoms with Gasteiger partial charge in [-0.1, -0.05) is 34.1 Å². The molecule has 2 aromatic rings. The van der Waals surface area contributed by atoms with Crippen LogP contribution in [0.2, 0.25) is 0 Å². The number of rotatable bonds is 5. The second-order valence-electron chi connectivity index (χ2n) is 4.63. The van der Waals surface area contributed by atoms with Gasteiger partial charge in [-0.2, -0.15) is 0 Å². The molecule has 5 heteroatoms. The predicted molar refractivity (Wildman–Crippen MR) is 79.0 cm³/mol. The fourth-order valence-corrected chi connectivity index (χ4v) is 2.31. The van der Waals surface area contributed by atoms with Crippen molar-refractivity contribution in [1.29, 1.82) is 0 Å². The van der Waals surface area contributed by atoms with E-state index in [1.165, 1.54) is 12.1 Å². The summed E-state index contributed by atoms with van der Waals surface area (Å²) in [5.41, 5.74) is 4.23. The van der Waals surface area contributed by atoms with Crippen LogP contribution in [0.5, 0.6) is 0 Å². The van der Waals surface area contributed by atoms with Gasteiger partial charge >= 0.3 is 0 Å². The lowest BCUT2D eigenvalue weighted by Crippen LogP contribution is -2.38. The topological polar surface area (TPSA) is 38.0 Å². The van der Waals surface area contributed by atoms with E-state index in [0.717, 1.165) is 16.1 Å². The molecule has 0 saturated heterocycles. The second-order valence-corrected chi connectivity index (χ2v) is 5.55. The number of nitrogens with two attached hydrogens (primary N) is 1. The molecule has 0 aliphatic carbocycles. The third-order valence-corrected chi connectivity index (χ3v) is 3.64. The Bertz CT molecular complexity index is 573. The predicted octanol–water partition coefficient (Wildman–Crippen LogP) is 3.34. The molecule has 0 heterocycles. The minimum absolute atomic E-state index is 0.115. The van der Waals surface area contributed by atoms with Gasteiger partial charge in [-0.05, 0) is 42.2 Å². The maximum Gasteiger partial charge on any atom is 0.129 e. The molecular formula is C15H15BrF2N2. The number of hydrazine groups is 1. The normalized spacial score (nSPS) is 12.4. The Morgan fingerprint density at radius 2 is 1.75 bits per heavy atom. The third-order valence-electron chi connectivity index (χ3n) is 3.11. The van der Waals surface area contributed by atoms with Crippen LogP contribution in [0, 0.1) is 11.6 Å². The van der Waals surface area contributed by atoms with Gasteiger partial charge in [0.25, 0.3) is 0 Å². The summed E-state index contributed by atoms with van der Waals surface area (Å²) in [6.45, 7) is 0. The van der Waals surface area contributed by atoms with E-state index in [9.17, 15) is 8.78 Å². The van der Waals surface area contributed by atoms with Gasteiger partial charge in [0.1, 0.15) is 11.6 Å².